The number of esters is 1. The normalized spacial score (nSPS) is 20.3. The lowest BCUT2D eigenvalue weighted by molar-refractivity contribution is 0.0331. The Morgan fingerprint density at radius 3 is 2.86 bits per heavy atom. The molecule has 0 bridgehead atoms. The second-order valence-electron chi connectivity index (χ2n) is 7.35. The first-order valence-corrected chi connectivity index (χ1v) is 11.1. The first-order chi connectivity index (χ1) is 14.2. The molecule has 1 atom stereocenters. The van der Waals surface area contributed by atoms with Crippen LogP contribution in [0.1, 0.15) is 40.8 Å². The van der Waals surface area contributed by atoms with Crippen molar-refractivity contribution in [1.29, 1.82) is 0 Å². The van der Waals surface area contributed by atoms with Crippen molar-refractivity contribution in [2.75, 3.05) is 51.4 Å². The summed E-state index contributed by atoms with van der Waals surface area (Å²) in [6.45, 7) is 9.50. The molecule has 2 aromatic heterocycles. The van der Waals surface area contributed by atoms with Crippen LogP contribution in [0.15, 0.2) is 0 Å². The minimum Gasteiger partial charge on any atom is -0.462 e. The van der Waals surface area contributed by atoms with Gasteiger partial charge in [0.15, 0.2) is 0 Å². The summed E-state index contributed by atoms with van der Waals surface area (Å²) < 4.78 is 16.4. The molecule has 0 aliphatic carbocycles. The van der Waals surface area contributed by atoms with Crippen LogP contribution in [0.25, 0.3) is 10.2 Å². The van der Waals surface area contributed by atoms with Gasteiger partial charge >= 0.3 is 5.97 Å². The van der Waals surface area contributed by atoms with Gasteiger partial charge in [-0.1, -0.05) is 0 Å². The summed E-state index contributed by atoms with van der Waals surface area (Å²) in [5.74, 6) is 1.23. The van der Waals surface area contributed by atoms with Crippen LogP contribution in [0.2, 0.25) is 0 Å². The van der Waals surface area contributed by atoms with E-state index in [0.717, 1.165) is 73.2 Å². The average Bonchev–Trinajstić information content (AvgIpc) is 3.35. The van der Waals surface area contributed by atoms with Crippen molar-refractivity contribution in [3.05, 3.63) is 16.3 Å². The molecule has 0 radical (unpaired) electrons. The highest BCUT2D eigenvalue weighted by Crippen LogP contribution is 2.34. The van der Waals surface area contributed by atoms with E-state index in [1.165, 1.54) is 11.3 Å². The molecule has 1 N–H and O–H groups in total. The highest BCUT2D eigenvalue weighted by atomic mass is 32.1. The van der Waals surface area contributed by atoms with Gasteiger partial charge in [0.1, 0.15) is 21.3 Å². The number of anilines is 1. The predicted molar refractivity (Wildman–Crippen MR) is 112 cm³/mol. The zero-order valence-corrected chi connectivity index (χ0v) is 17.8. The second-order valence-corrected chi connectivity index (χ2v) is 8.35. The Balaban J connectivity index is 1.65. The fourth-order valence-electron chi connectivity index (χ4n) is 3.75. The van der Waals surface area contributed by atoms with Crippen LogP contribution < -0.4 is 5.32 Å². The van der Waals surface area contributed by atoms with E-state index in [1.807, 2.05) is 13.8 Å². The van der Waals surface area contributed by atoms with Crippen LogP contribution in [0.3, 0.4) is 0 Å². The summed E-state index contributed by atoms with van der Waals surface area (Å²) in [4.78, 5) is 25.7. The number of carbonyl (C=O) groups excluding carboxylic acids is 1. The summed E-state index contributed by atoms with van der Waals surface area (Å²) in [6.07, 6.45) is 2.35. The van der Waals surface area contributed by atoms with Crippen molar-refractivity contribution in [2.24, 2.45) is 0 Å². The number of hydrogen-bond donors (Lipinski definition) is 1. The number of thiophene rings is 1. The van der Waals surface area contributed by atoms with Crippen LogP contribution >= 0.6 is 11.3 Å². The van der Waals surface area contributed by atoms with Gasteiger partial charge in [0.05, 0.1) is 37.9 Å². The Hall–Kier alpha value is -1.81. The SMILES string of the molecule is CCOC(=O)c1sc2nc(CN3CCOCC3)nc(NC[C@H]3CCCO3)c2c1C. The Morgan fingerprint density at radius 2 is 2.14 bits per heavy atom. The van der Waals surface area contributed by atoms with Gasteiger partial charge in [0.25, 0.3) is 0 Å². The molecule has 0 aromatic carbocycles. The number of carbonyl (C=O) groups is 1. The number of nitrogens with one attached hydrogen (secondary N) is 1. The molecule has 29 heavy (non-hydrogen) atoms. The standard InChI is InChI=1S/C20H28N4O4S/c1-3-27-20(25)17-13(2)16-18(21-11-14-5-4-8-28-14)22-15(23-19(16)29-17)12-24-6-9-26-10-7-24/h14H,3-12H2,1-2H3,(H,21,22,23)/t14-/m1/s1. The Bertz CT molecular complexity index is 860. The molecule has 158 valence electrons. The maximum absolute atomic E-state index is 12.4. The summed E-state index contributed by atoms with van der Waals surface area (Å²) in [5.41, 5.74) is 0.871. The minimum absolute atomic E-state index is 0.200. The number of nitrogens with zero attached hydrogens (tertiary/aromatic N) is 3. The summed E-state index contributed by atoms with van der Waals surface area (Å²) >= 11 is 1.38. The molecule has 0 saturated carbocycles. The van der Waals surface area contributed by atoms with Crippen molar-refractivity contribution in [1.82, 2.24) is 14.9 Å². The van der Waals surface area contributed by atoms with Gasteiger partial charge in [-0.3, -0.25) is 4.90 Å². The zero-order chi connectivity index (χ0) is 20.2. The molecule has 2 aliphatic heterocycles. The van der Waals surface area contributed by atoms with Gasteiger partial charge in [-0.15, -0.1) is 11.3 Å². The fourth-order valence-corrected chi connectivity index (χ4v) is 4.84. The lowest BCUT2D eigenvalue weighted by Crippen LogP contribution is -2.36. The van der Waals surface area contributed by atoms with Gasteiger partial charge in [-0.25, -0.2) is 14.8 Å². The van der Waals surface area contributed by atoms with E-state index >= 15 is 0 Å². The fraction of sp³-hybridized carbons (Fsp3) is 0.650. The number of aromatic nitrogens is 2. The number of fused-ring (bicyclic) bond motifs is 1. The molecule has 2 fully saturated rings. The molecule has 4 heterocycles. The summed E-state index contributed by atoms with van der Waals surface area (Å²) in [5, 5.41) is 4.37. The van der Waals surface area contributed by atoms with E-state index in [0.29, 0.717) is 24.6 Å². The topological polar surface area (TPSA) is 85.8 Å². The second kappa shape index (κ2) is 9.34. The van der Waals surface area contributed by atoms with Crippen LogP contribution in [0.5, 0.6) is 0 Å². The molecule has 0 amide bonds. The predicted octanol–water partition coefficient (Wildman–Crippen LogP) is 2.60. The van der Waals surface area contributed by atoms with E-state index in [4.69, 9.17) is 24.2 Å². The van der Waals surface area contributed by atoms with E-state index in [2.05, 4.69) is 10.2 Å². The van der Waals surface area contributed by atoms with E-state index in [1.54, 1.807) is 0 Å². The lowest BCUT2D eigenvalue weighted by Gasteiger charge is -2.25. The third-order valence-electron chi connectivity index (χ3n) is 5.29. The quantitative estimate of drug-likeness (QED) is 0.684. The van der Waals surface area contributed by atoms with Crippen molar-refractivity contribution in [2.45, 2.75) is 39.3 Å². The Kier molecular flexibility index (Phi) is 6.59. The largest absolute Gasteiger partial charge is 0.462 e. The van der Waals surface area contributed by atoms with Crippen LogP contribution in [-0.2, 0) is 20.8 Å². The molecule has 8 nitrogen and oxygen atoms in total. The van der Waals surface area contributed by atoms with E-state index in [-0.39, 0.29) is 12.1 Å². The third-order valence-corrected chi connectivity index (χ3v) is 6.45. The van der Waals surface area contributed by atoms with Crippen LogP contribution in [-0.4, -0.2) is 73.0 Å². The number of rotatable bonds is 7. The third kappa shape index (κ3) is 4.69. The molecular formula is C20H28N4O4S. The van der Waals surface area contributed by atoms with Gasteiger partial charge in [-0.05, 0) is 32.3 Å². The number of ether oxygens (including phenoxy) is 3. The highest BCUT2D eigenvalue weighted by Gasteiger charge is 2.23. The maximum atomic E-state index is 12.4. The van der Waals surface area contributed by atoms with Gasteiger partial charge in [0, 0.05) is 26.2 Å². The zero-order valence-electron chi connectivity index (χ0n) is 17.0. The number of aryl methyl sites for hydroxylation is 1. The lowest BCUT2D eigenvalue weighted by atomic mass is 10.2. The van der Waals surface area contributed by atoms with Crippen LogP contribution in [0.4, 0.5) is 5.82 Å². The first-order valence-electron chi connectivity index (χ1n) is 10.3. The van der Waals surface area contributed by atoms with Crippen molar-refractivity contribution in [3.8, 4) is 0 Å². The monoisotopic (exact) mass is 420 g/mol. The molecule has 0 spiro atoms. The van der Waals surface area contributed by atoms with E-state index in [9.17, 15) is 4.79 Å². The van der Waals surface area contributed by atoms with Crippen molar-refractivity contribution >= 4 is 33.3 Å². The van der Waals surface area contributed by atoms with Crippen molar-refractivity contribution < 1.29 is 19.0 Å². The smallest absolute Gasteiger partial charge is 0.348 e. The Labute approximate surface area is 174 Å². The van der Waals surface area contributed by atoms with Gasteiger partial charge in [0.2, 0.25) is 0 Å². The number of hydrogen-bond acceptors (Lipinski definition) is 9. The molecule has 2 aromatic rings. The minimum atomic E-state index is -0.298. The maximum Gasteiger partial charge on any atom is 0.348 e. The molecule has 2 aliphatic rings. The molecule has 2 saturated heterocycles. The first kappa shape index (κ1) is 20.5. The van der Waals surface area contributed by atoms with Gasteiger partial charge < -0.3 is 19.5 Å². The van der Waals surface area contributed by atoms with Crippen molar-refractivity contribution in [3.63, 3.8) is 0 Å². The number of morpholine rings is 1. The molecular weight excluding hydrogens is 392 g/mol. The van der Waals surface area contributed by atoms with E-state index < -0.39 is 0 Å². The summed E-state index contributed by atoms with van der Waals surface area (Å²) in [6, 6.07) is 0. The molecule has 0 unspecified atom stereocenters. The highest BCUT2D eigenvalue weighted by molar-refractivity contribution is 7.20. The average molecular weight is 421 g/mol. The van der Waals surface area contributed by atoms with Crippen LogP contribution in [0, 0.1) is 6.92 Å². The Morgan fingerprint density at radius 1 is 1.31 bits per heavy atom. The van der Waals surface area contributed by atoms with Gasteiger partial charge in [-0.2, -0.15) is 0 Å². The summed E-state index contributed by atoms with van der Waals surface area (Å²) in [7, 11) is 0. The molecule has 9 heteroatoms. The molecule has 4 rings (SSSR count).